The summed E-state index contributed by atoms with van der Waals surface area (Å²) in [7, 11) is 1.61. The third-order valence-corrected chi connectivity index (χ3v) is 7.21. The van der Waals surface area contributed by atoms with Crippen LogP contribution in [-0.4, -0.2) is 45.6 Å². The van der Waals surface area contributed by atoms with Crippen LogP contribution >= 0.6 is 0 Å². The fourth-order valence-electron chi connectivity index (χ4n) is 5.04. The van der Waals surface area contributed by atoms with E-state index in [-0.39, 0.29) is 5.91 Å². The number of hydrogen-bond acceptors (Lipinski definition) is 7. The summed E-state index contributed by atoms with van der Waals surface area (Å²) >= 11 is 0. The minimum absolute atomic E-state index is 0.209. The Labute approximate surface area is 215 Å². The van der Waals surface area contributed by atoms with Crippen LogP contribution in [0.4, 0.5) is 11.6 Å². The van der Waals surface area contributed by atoms with Crippen molar-refractivity contribution in [1.29, 1.82) is 0 Å². The van der Waals surface area contributed by atoms with Gasteiger partial charge in [0, 0.05) is 55.1 Å². The topological polar surface area (TPSA) is 111 Å². The summed E-state index contributed by atoms with van der Waals surface area (Å²) in [6, 6.07) is 9.96. The van der Waals surface area contributed by atoms with Crippen molar-refractivity contribution in [2.75, 3.05) is 30.8 Å². The molecule has 0 radical (unpaired) electrons. The zero-order valence-electron chi connectivity index (χ0n) is 21.0. The summed E-state index contributed by atoms with van der Waals surface area (Å²) in [5.74, 6) is 3.32. The number of hydrogen-bond donors (Lipinski definition) is 2. The number of nitrogens with one attached hydrogen (secondary N) is 1. The van der Waals surface area contributed by atoms with E-state index in [0.29, 0.717) is 36.3 Å². The van der Waals surface area contributed by atoms with E-state index in [9.17, 15) is 4.79 Å². The van der Waals surface area contributed by atoms with E-state index in [4.69, 9.17) is 15.5 Å². The number of imidazole rings is 1. The van der Waals surface area contributed by atoms with Crippen molar-refractivity contribution in [3.63, 3.8) is 0 Å². The minimum Gasteiger partial charge on any atom is -0.496 e. The molecule has 1 saturated carbocycles. The Morgan fingerprint density at radius 2 is 2.00 bits per heavy atom. The van der Waals surface area contributed by atoms with Gasteiger partial charge in [0.25, 0.3) is 5.91 Å². The van der Waals surface area contributed by atoms with Crippen molar-refractivity contribution < 1.29 is 9.53 Å². The van der Waals surface area contributed by atoms with Gasteiger partial charge in [0.1, 0.15) is 28.9 Å². The van der Waals surface area contributed by atoms with Crippen LogP contribution in [0.2, 0.25) is 0 Å². The predicted octanol–water partition coefficient (Wildman–Crippen LogP) is 3.87. The van der Waals surface area contributed by atoms with Crippen LogP contribution in [0.15, 0.2) is 48.9 Å². The Kier molecular flexibility index (Phi) is 6.12. The first-order valence-electron chi connectivity index (χ1n) is 12.9. The largest absolute Gasteiger partial charge is 0.496 e. The Morgan fingerprint density at radius 3 is 2.73 bits per heavy atom. The maximum Gasteiger partial charge on any atom is 0.271 e. The van der Waals surface area contributed by atoms with Crippen molar-refractivity contribution in [3.05, 3.63) is 71.6 Å². The van der Waals surface area contributed by atoms with Crippen molar-refractivity contribution in [3.8, 4) is 5.75 Å². The van der Waals surface area contributed by atoms with Crippen LogP contribution in [0.5, 0.6) is 5.75 Å². The molecule has 3 aromatic heterocycles. The number of benzene rings is 1. The van der Waals surface area contributed by atoms with Gasteiger partial charge in [-0.2, -0.15) is 0 Å². The molecular formula is C28H31N7O2. The van der Waals surface area contributed by atoms with Gasteiger partial charge in [-0.15, -0.1) is 0 Å². The van der Waals surface area contributed by atoms with Crippen LogP contribution in [0.25, 0.3) is 10.8 Å². The number of amides is 1. The molecule has 4 heterocycles. The van der Waals surface area contributed by atoms with Gasteiger partial charge in [0.2, 0.25) is 0 Å². The molecule has 2 fully saturated rings. The summed E-state index contributed by atoms with van der Waals surface area (Å²) < 4.78 is 7.66. The van der Waals surface area contributed by atoms with Crippen LogP contribution in [-0.2, 0) is 13.1 Å². The fraction of sp³-hybridized carbons (Fsp3) is 0.357. The van der Waals surface area contributed by atoms with E-state index in [1.807, 2.05) is 30.6 Å². The van der Waals surface area contributed by atoms with E-state index in [0.717, 1.165) is 59.5 Å². The second-order valence-corrected chi connectivity index (χ2v) is 9.87. The highest BCUT2D eigenvalue weighted by Crippen LogP contribution is 2.39. The summed E-state index contributed by atoms with van der Waals surface area (Å²) in [6.07, 6.45) is 10.2. The highest BCUT2D eigenvalue weighted by atomic mass is 16.5. The zero-order chi connectivity index (χ0) is 25.4. The van der Waals surface area contributed by atoms with Crippen LogP contribution in [0.3, 0.4) is 0 Å². The smallest absolute Gasteiger partial charge is 0.271 e. The Morgan fingerprint density at radius 1 is 1.16 bits per heavy atom. The molecule has 190 valence electrons. The lowest BCUT2D eigenvalue weighted by Crippen LogP contribution is -2.23. The quantitative estimate of drug-likeness (QED) is 0.380. The number of ether oxygens (including phenoxy) is 1. The fourth-order valence-corrected chi connectivity index (χ4v) is 5.04. The van der Waals surface area contributed by atoms with Crippen molar-refractivity contribution in [1.82, 2.24) is 24.8 Å². The first-order chi connectivity index (χ1) is 18.1. The molecule has 1 amide bonds. The molecule has 0 unspecified atom stereocenters. The molecule has 1 aliphatic carbocycles. The van der Waals surface area contributed by atoms with Gasteiger partial charge in [0.05, 0.1) is 13.7 Å². The predicted molar refractivity (Wildman–Crippen MR) is 143 cm³/mol. The van der Waals surface area contributed by atoms with Gasteiger partial charge in [-0.3, -0.25) is 4.79 Å². The lowest BCUT2D eigenvalue weighted by molar-refractivity contribution is 0.0946. The van der Waals surface area contributed by atoms with Crippen molar-refractivity contribution in [2.45, 2.75) is 44.7 Å². The van der Waals surface area contributed by atoms with Crippen LogP contribution in [0.1, 0.15) is 59.0 Å². The van der Waals surface area contributed by atoms with Gasteiger partial charge in [0.15, 0.2) is 0 Å². The Bertz CT molecular complexity index is 1440. The highest BCUT2D eigenvalue weighted by molar-refractivity contribution is 5.94. The van der Waals surface area contributed by atoms with E-state index in [1.54, 1.807) is 13.3 Å². The van der Waals surface area contributed by atoms with Gasteiger partial charge in [-0.1, -0.05) is 6.07 Å². The summed E-state index contributed by atoms with van der Waals surface area (Å²) in [4.78, 5) is 29.0. The molecule has 0 spiro atoms. The molecule has 1 aromatic carbocycles. The molecule has 0 atom stereocenters. The number of anilines is 2. The van der Waals surface area contributed by atoms with Crippen LogP contribution < -0.4 is 20.7 Å². The number of carbonyl (C=O) groups is 1. The third-order valence-electron chi connectivity index (χ3n) is 7.21. The van der Waals surface area contributed by atoms with E-state index in [2.05, 4.69) is 36.9 Å². The molecule has 3 N–H and O–H groups in total. The second-order valence-electron chi connectivity index (χ2n) is 9.87. The number of rotatable bonds is 8. The van der Waals surface area contributed by atoms with Crippen LogP contribution in [0, 0.1) is 0 Å². The maximum absolute atomic E-state index is 13.1. The second kappa shape index (κ2) is 9.72. The average molecular weight is 498 g/mol. The molecule has 2 aliphatic rings. The molecule has 4 aromatic rings. The third kappa shape index (κ3) is 4.81. The number of pyridine rings is 2. The first kappa shape index (κ1) is 23.3. The van der Waals surface area contributed by atoms with Crippen molar-refractivity contribution in [2.24, 2.45) is 0 Å². The molecule has 1 saturated heterocycles. The molecule has 9 nitrogen and oxygen atoms in total. The molecule has 9 heteroatoms. The number of fused-ring (bicyclic) bond motifs is 1. The summed E-state index contributed by atoms with van der Waals surface area (Å²) in [5, 5.41) is 4.78. The highest BCUT2D eigenvalue weighted by Gasteiger charge is 2.30. The zero-order valence-corrected chi connectivity index (χ0v) is 21.0. The number of nitrogens with zero attached hydrogens (tertiary/aromatic N) is 5. The molecule has 37 heavy (non-hydrogen) atoms. The number of aromatic nitrogens is 4. The number of methoxy groups -OCH3 is 1. The summed E-state index contributed by atoms with van der Waals surface area (Å²) in [5.41, 5.74) is 8.40. The Balaban J connectivity index is 1.18. The van der Waals surface area contributed by atoms with Gasteiger partial charge in [-0.25, -0.2) is 15.0 Å². The standard InChI is InChI=1S/C28H31N7O2/c1-37-24-13-22-20(8-9-30-26(22)29)12-21(24)15-32-28(36)23-17-35(27(33-23)19-5-6-19)16-18-4-7-25(31-14-18)34-10-2-3-11-34/h4,7-9,12-14,17,19H,2-3,5-6,10-11,15-16H2,1H3,(H2,29,30)(H,32,36). The first-order valence-corrected chi connectivity index (χ1v) is 12.9. The van der Waals surface area contributed by atoms with Gasteiger partial charge >= 0.3 is 0 Å². The maximum atomic E-state index is 13.1. The lowest BCUT2D eigenvalue weighted by Gasteiger charge is -2.16. The van der Waals surface area contributed by atoms with E-state index >= 15 is 0 Å². The molecular weight excluding hydrogens is 466 g/mol. The molecule has 6 rings (SSSR count). The minimum atomic E-state index is -0.209. The normalized spacial score (nSPS) is 15.3. The molecule has 1 aliphatic heterocycles. The lowest BCUT2D eigenvalue weighted by atomic mass is 10.1. The molecule has 0 bridgehead atoms. The van der Waals surface area contributed by atoms with E-state index in [1.165, 1.54) is 12.8 Å². The monoisotopic (exact) mass is 497 g/mol. The number of nitrogen functional groups attached to an aromatic ring is 1. The average Bonchev–Trinajstić information content (AvgIpc) is 3.43. The number of carbonyl (C=O) groups excluding carboxylic acids is 1. The Hall–Kier alpha value is -4.14. The van der Waals surface area contributed by atoms with E-state index < -0.39 is 0 Å². The van der Waals surface area contributed by atoms with Crippen molar-refractivity contribution >= 4 is 28.3 Å². The SMILES string of the molecule is COc1cc2c(N)nccc2cc1CNC(=O)c1cn(Cc2ccc(N3CCCC3)nc2)c(C2CC2)n1. The van der Waals surface area contributed by atoms with Gasteiger partial charge < -0.3 is 25.3 Å². The van der Waals surface area contributed by atoms with Gasteiger partial charge in [-0.05, 0) is 60.9 Å². The number of nitrogens with two attached hydrogens (primary N) is 1. The summed E-state index contributed by atoms with van der Waals surface area (Å²) in [6.45, 7) is 3.12.